The molecule has 2 aliphatic heterocycles. The van der Waals surface area contributed by atoms with Gasteiger partial charge in [-0.2, -0.15) is 0 Å². The molecule has 5 rings (SSSR count). The summed E-state index contributed by atoms with van der Waals surface area (Å²) < 4.78 is 11.8. The summed E-state index contributed by atoms with van der Waals surface area (Å²) in [6, 6.07) is 15.6. The van der Waals surface area contributed by atoms with Gasteiger partial charge in [-0.05, 0) is 24.3 Å². The molecule has 4 heterocycles. The van der Waals surface area contributed by atoms with Gasteiger partial charge in [0.15, 0.2) is 11.3 Å². The summed E-state index contributed by atoms with van der Waals surface area (Å²) in [4.78, 5) is 13.6. The Morgan fingerprint density at radius 1 is 0.920 bits per heavy atom. The third kappa shape index (κ3) is 1.94. The second-order valence-corrected chi connectivity index (χ2v) is 5.95. The van der Waals surface area contributed by atoms with E-state index in [4.69, 9.17) is 15.2 Å². The summed E-state index contributed by atoms with van der Waals surface area (Å²) >= 11 is 0. The Kier molecular flexibility index (Phi) is 2.82. The fourth-order valence-electron chi connectivity index (χ4n) is 3.42. The largest absolute Gasteiger partial charge is 0.462 e. The molecule has 1 atom stereocenters. The van der Waals surface area contributed by atoms with Crippen LogP contribution in [0.3, 0.4) is 0 Å². The smallest absolute Gasteiger partial charge is 0.283 e. The van der Waals surface area contributed by atoms with Crippen LogP contribution in [0.1, 0.15) is 11.1 Å². The predicted octanol–water partition coefficient (Wildman–Crippen LogP) is 2.84. The zero-order valence-electron chi connectivity index (χ0n) is 13.2. The van der Waals surface area contributed by atoms with Crippen LogP contribution in [0.4, 0.5) is 0 Å². The Morgan fingerprint density at radius 2 is 1.80 bits per heavy atom. The van der Waals surface area contributed by atoms with Crippen molar-refractivity contribution in [2.45, 2.75) is 5.54 Å². The van der Waals surface area contributed by atoms with Crippen molar-refractivity contribution in [2.24, 2.45) is 10.7 Å². The van der Waals surface area contributed by atoms with Crippen LogP contribution in [0.25, 0.3) is 11.4 Å². The number of amidine groups is 1. The lowest BCUT2D eigenvalue weighted by atomic mass is 9.81. The van der Waals surface area contributed by atoms with Gasteiger partial charge in [0.05, 0.1) is 5.69 Å². The van der Waals surface area contributed by atoms with E-state index in [1.807, 2.05) is 48.5 Å². The molecule has 3 aromatic rings. The number of hydrogen-bond acceptors (Lipinski definition) is 6. The van der Waals surface area contributed by atoms with Crippen molar-refractivity contribution in [3.05, 3.63) is 72.1 Å². The van der Waals surface area contributed by atoms with E-state index in [2.05, 4.69) is 15.0 Å². The Bertz CT molecular complexity index is 1000. The van der Waals surface area contributed by atoms with E-state index in [0.29, 0.717) is 18.1 Å². The van der Waals surface area contributed by atoms with Crippen molar-refractivity contribution < 1.29 is 9.47 Å². The van der Waals surface area contributed by atoms with E-state index in [9.17, 15) is 0 Å². The summed E-state index contributed by atoms with van der Waals surface area (Å²) in [5, 5.41) is 0. The lowest BCUT2D eigenvalue weighted by molar-refractivity contribution is 0.264. The normalized spacial score (nSPS) is 20.2. The maximum Gasteiger partial charge on any atom is 0.283 e. The van der Waals surface area contributed by atoms with Crippen LogP contribution in [0.2, 0.25) is 0 Å². The number of nitrogens with two attached hydrogens (primary N) is 1. The molecule has 2 N–H and O–H groups in total. The molecule has 25 heavy (non-hydrogen) atoms. The maximum atomic E-state index is 6.22. The van der Waals surface area contributed by atoms with Crippen LogP contribution in [-0.4, -0.2) is 22.6 Å². The lowest BCUT2D eigenvalue weighted by Gasteiger charge is -2.33. The van der Waals surface area contributed by atoms with E-state index in [1.54, 1.807) is 12.4 Å². The Balaban J connectivity index is 1.81. The molecule has 6 heteroatoms. The van der Waals surface area contributed by atoms with Gasteiger partial charge < -0.3 is 15.2 Å². The highest BCUT2D eigenvalue weighted by atomic mass is 16.5. The number of fused-ring (bicyclic) bond motifs is 4. The van der Waals surface area contributed by atoms with E-state index in [-0.39, 0.29) is 6.02 Å². The fraction of sp³-hybridized carbons (Fsp3) is 0.105. The second kappa shape index (κ2) is 5.04. The molecule has 2 aliphatic rings. The highest BCUT2D eigenvalue weighted by molar-refractivity contribution is 5.78. The summed E-state index contributed by atoms with van der Waals surface area (Å²) in [6.45, 7) is 0.331. The predicted molar refractivity (Wildman–Crippen MR) is 92.3 cm³/mol. The maximum absolute atomic E-state index is 6.22. The topological polar surface area (TPSA) is 82.6 Å². The van der Waals surface area contributed by atoms with Gasteiger partial charge in [0.2, 0.25) is 0 Å². The molecular weight excluding hydrogens is 316 g/mol. The summed E-state index contributed by atoms with van der Waals surface area (Å²) in [5.41, 5.74) is 8.36. The average Bonchev–Trinajstić information content (AvgIpc) is 3.05. The SMILES string of the molecule is NC1=NC2(CO1)c1ccccc1Oc1c2ccnc1-c1ccccn1. The quantitative estimate of drug-likeness (QED) is 0.742. The van der Waals surface area contributed by atoms with Gasteiger partial charge >= 0.3 is 0 Å². The van der Waals surface area contributed by atoms with Crippen LogP contribution in [0.15, 0.2) is 65.9 Å². The van der Waals surface area contributed by atoms with Crippen molar-refractivity contribution in [1.82, 2.24) is 9.97 Å². The molecule has 1 aromatic carbocycles. The van der Waals surface area contributed by atoms with E-state index in [1.165, 1.54) is 0 Å². The number of aromatic nitrogens is 2. The third-order valence-corrected chi connectivity index (χ3v) is 4.53. The van der Waals surface area contributed by atoms with Gasteiger partial charge in [0.1, 0.15) is 18.1 Å². The number of aliphatic imine (C=N–C) groups is 1. The van der Waals surface area contributed by atoms with Crippen LogP contribution in [-0.2, 0) is 10.3 Å². The molecule has 0 saturated heterocycles. The third-order valence-electron chi connectivity index (χ3n) is 4.53. The van der Waals surface area contributed by atoms with Gasteiger partial charge in [-0.3, -0.25) is 9.97 Å². The monoisotopic (exact) mass is 330 g/mol. The van der Waals surface area contributed by atoms with E-state index in [0.717, 1.165) is 22.6 Å². The molecule has 0 fully saturated rings. The van der Waals surface area contributed by atoms with Gasteiger partial charge in [-0.1, -0.05) is 24.3 Å². The average molecular weight is 330 g/mol. The minimum Gasteiger partial charge on any atom is -0.462 e. The molecule has 2 aromatic heterocycles. The summed E-state index contributed by atoms with van der Waals surface area (Å²) in [6.07, 6.45) is 3.48. The molecule has 1 unspecified atom stereocenters. The highest BCUT2D eigenvalue weighted by Crippen LogP contribution is 2.52. The first-order chi connectivity index (χ1) is 12.3. The van der Waals surface area contributed by atoms with Crippen molar-refractivity contribution in [3.8, 4) is 22.9 Å². The molecule has 0 saturated carbocycles. The van der Waals surface area contributed by atoms with Crippen LogP contribution in [0.5, 0.6) is 11.5 Å². The van der Waals surface area contributed by atoms with Crippen molar-refractivity contribution in [1.29, 1.82) is 0 Å². The Hall–Kier alpha value is -3.41. The highest BCUT2D eigenvalue weighted by Gasteiger charge is 2.47. The Labute approximate surface area is 144 Å². The Morgan fingerprint density at radius 3 is 2.60 bits per heavy atom. The van der Waals surface area contributed by atoms with Crippen molar-refractivity contribution in [3.63, 3.8) is 0 Å². The molecule has 1 spiro atoms. The number of para-hydroxylation sites is 1. The number of pyridine rings is 2. The molecule has 0 amide bonds. The zero-order valence-corrected chi connectivity index (χ0v) is 13.2. The lowest BCUT2D eigenvalue weighted by Crippen LogP contribution is -2.31. The van der Waals surface area contributed by atoms with Gasteiger partial charge in [0.25, 0.3) is 6.02 Å². The van der Waals surface area contributed by atoms with E-state index >= 15 is 0 Å². The minimum absolute atomic E-state index is 0.179. The van der Waals surface area contributed by atoms with Crippen molar-refractivity contribution in [2.75, 3.05) is 6.61 Å². The number of rotatable bonds is 1. The van der Waals surface area contributed by atoms with E-state index < -0.39 is 5.54 Å². The van der Waals surface area contributed by atoms with Crippen LogP contribution in [0, 0.1) is 0 Å². The molecule has 122 valence electrons. The molecule has 6 nitrogen and oxygen atoms in total. The minimum atomic E-state index is -0.721. The number of benzene rings is 1. The number of nitrogens with zero attached hydrogens (tertiary/aromatic N) is 3. The number of ether oxygens (including phenoxy) is 2. The second-order valence-electron chi connectivity index (χ2n) is 5.95. The standard InChI is InChI=1S/C19H14N4O2/c20-18-23-19(11-24-18)12-5-1-2-7-15(12)25-17-13(19)8-10-22-16(17)14-6-3-4-9-21-14/h1-10H,11H2,(H2,20,23). The van der Waals surface area contributed by atoms with Gasteiger partial charge in [-0.15, -0.1) is 0 Å². The van der Waals surface area contributed by atoms with Crippen LogP contribution >= 0.6 is 0 Å². The summed E-state index contributed by atoms with van der Waals surface area (Å²) in [5.74, 6) is 1.36. The molecule has 0 bridgehead atoms. The summed E-state index contributed by atoms with van der Waals surface area (Å²) in [7, 11) is 0. The molecular formula is C19H14N4O2. The number of hydrogen-bond donors (Lipinski definition) is 1. The van der Waals surface area contributed by atoms with Crippen molar-refractivity contribution >= 4 is 6.02 Å². The fourth-order valence-corrected chi connectivity index (χ4v) is 3.42. The molecule has 0 aliphatic carbocycles. The van der Waals surface area contributed by atoms with Crippen LogP contribution < -0.4 is 10.5 Å². The first-order valence-electron chi connectivity index (χ1n) is 7.94. The zero-order chi connectivity index (χ0) is 16.9. The first kappa shape index (κ1) is 14.0. The first-order valence-corrected chi connectivity index (χ1v) is 7.94. The van der Waals surface area contributed by atoms with Gasteiger partial charge in [0, 0.05) is 23.5 Å². The van der Waals surface area contributed by atoms with Gasteiger partial charge in [-0.25, -0.2) is 4.99 Å². The molecule has 0 radical (unpaired) electrons.